The van der Waals surface area contributed by atoms with Crippen LogP contribution in [0.25, 0.3) is 0 Å². The number of benzene rings is 2. The van der Waals surface area contributed by atoms with E-state index in [2.05, 4.69) is 0 Å². The van der Waals surface area contributed by atoms with Gasteiger partial charge in [0, 0.05) is 12.5 Å². The molecule has 2 aromatic rings. The van der Waals surface area contributed by atoms with Crippen molar-refractivity contribution < 1.29 is 27.0 Å². The number of hydrogen-bond donors (Lipinski definition) is 1. The van der Waals surface area contributed by atoms with Crippen molar-refractivity contribution in [2.75, 3.05) is 24.7 Å². The molecule has 0 unspecified atom stereocenters. The molecule has 0 radical (unpaired) electrons. The van der Waals surface area contributed by atoms with Crippen molar-refractivity contribution in [2.24, 2.45) is 5.92 Å². The maximum atomic E-state index is 14.1. The van der Waals surface area contributed by atoms with E-state index in [0.717, 1.165) is 12.8 Å². The van der Waals surface area contributed by atoms with E-state index in [0.29, 0.717) is 23.7 Å². The van der Waals surface area contributed by atoms with E-state index in [1.165, 1.54) is 42.5 Å². The fourth-order valence-corrected chi connectivity index (χ4v) is 4.67. The molecule has 7 heteroatoms. The third kappa shape index (κ3) is 5.75. The van der Waals surface area contributed by atoms with Gasteiger partial charge in [0.05, 0.1) is 18.1 Å². The van der Waals surface area contributed by atoms with Crippen LogP contribution < -0.4 is 4.74 Å². The number of ether oxygens (including phenoxy) is 1. The number of halogens is 2. The van der Waals surface area contributed by atoms with Gasteiger partial charge in [0.25, 0.3) is 0 Å². The van der Waals surface area contributed by atoms with Gasteiger partial charge in [-0.05, 0) is 60.6 Å². The van der Waals surface area contributed by atoms with E-state index in [4.69, 9.17) is 9.84 Å². The van der Waals surface area contributed by atoms with Gasteiger partial charge in [0.15, 0.2) is 21.4 Å². The standard InChI is InChI=1S/C21H24F2O4S/c22-18-7-4-16(5-8-18)19(14-28(25,26)11-1-10-24)17-6-9-20(23)21(12-17)27-13-15-2-3-15/h4-9,12,15,19,24H,1-3,10-11,13-14H2/t19-/m1/s1. The summed E-state index contributed by atoms with van der Waals surface area (Å²) in [5.74, 6) is -1.31. The highest BCUT2D eigenvalue weighted by Crippen LogP contribution is 2.33. The number of aliphatic hydroxyl groups excluding tert-OH is 1. The lowest BCUT2D eigenvalue weighted by molar-refractivity contribution is 0.285. The van der Waals surface area contributed by atoms with E-state index in [1.54, 1.807) is 0 Å². The van der Waals surface area contributed by atoms with E-state index < -0.39 is 27.4 Å². The smallest absolute Gasteiger partial charge is 0.165 e. The molecule has 1 N–H and O–H groups in total. The lowest BCUT2D eigenvalue weighted by atomic mass is 9.93. The fraction of sp³-hybridized carbons (Fsp3) is 0.429. The molecule has 1 aliphatic rings. The minimum atomic E-state index is -3.48. The maximum Gasteiger partial charge on any atom is 0.165 e. The number of aliphatic hydroxyl groups is 1. The summed E-state index contributed by atoms with van der Waals surface area (Å²) in [5, 5.41) is 8.94. The monoisotopic (exact) mass is 410 g/mol. The first-order chi connectivity index (χ1) is 13.4. The molecule has 0 saturated heterocycles. The topological polar surface area (TPSA) is 63.6 Å². The molecule has 1 saturated carbocycles. The van der Waals surface area contributed by atoms with Crippen LogP contribution in [0.3, 0.4) is 0 Å². The predicted octanol–water partition coefficient (Wildman–Crippen LogP) is 3.68. The Morgan fingerprint density at radius 1 is 1.07 bits per heavy atom. The molecule has 2 aromatic carbocycles. The van der Waals surface area contributed by atoms with E-state index >= 15 is 0 Å². The summed E-state index contributed by atoms with van der Waals surface area (Å²) in [6, 6.07) is 9.97. The minimum Gasteiger partial charge on any atom is -0.490 e. The van der Waals surface area contributed by atoms with Crippen molar-refractivity contribution in [3.63, 3.8) is 0 Å². The van der Waals surface area contributed by atoms with Crippen molar-refractivity contribution >= 4 is 9.84 Å². The molecule has 1 fully saturated rings. The normalized spacial score (nSPS) is 15.4. The van der Waals surface area contributed by atoms with Crippen LogP contribution >= 0.6 is 0 Å². The molecule has 4 nitrogen and oxygen atoms in total. The second kappa shape index (κ2) is 9.01. The van der Waals surface area contributed by atoms with Crippen LogP contribution in [-0.4, -0.2) is 38.2 Å². The summed E-state index contributed by atoms with van der Waals surface area (Å²) in [6.07, 6.45) is 2.29. The first-order valence-electron chi connectivity index (χ1n) is 9.37. The molecule has 1 atom stereocenters. The highest BCUT2D eigenvalue weighted by Gasteiger charge is 2.25. The largest absolute Gasteiger partial charge is 0.490 e. The van der Waals surface area contributed by atoms with Crippen LogP contribution in [-0.2, 0) is 9.84 Å². The van der Waals surface area contributed by atoms with Crippen LogP contribution in [0.4, 0.5) is 8.78 Å². The summed E-state index contributed by atoms with van der Waals surface area (Å²) >= 11 is 0. The van der Waals surface area contributed by atoms with Crippen molar-refractivity contribution in [3.8, 4) is 5.75 Å². The Labute approximate surface area is 164 Å². The second-order valence-electron chi connectivity index (χ2n) is 7.24. The van der Waals surface area contributed by atoms with Crippen molar-refractivity contribution in [2.45, 2.75) is 25.2 Å². The average molecular weight is 410 g/mol. The van der Waals surface area contributed by atoms with E-state index in [-0.39, 0.29) is 30.3 Å². The maximum absolute atomic E-state index is 14.1. The summed E-state index contributed by atoms with van der Waals surface area (Å²) in [4.78, 5) is 0. The Bertz CT molecular complexity index is 893. The lowest BCUT2D eigenvalue weighted by Crippen LogP contribution is -2.19. The first-order valence-corrected chi connectivity index (χ1v) is 11.2. The van der Waals surface area contributed by atoms with Crippen LogP contribution in [0, 0.1) is 17.6 Å². The molecule has 28 heavy (non-hydrogen) atoms. The number of hydrogen-bond acceptors (Lipinski definition) is 4. The third-order valence-electron chi connectivity index (χ3n) is 4.84. The van der Waals surface area contributed by atoms with Gasteiger partial charge in [0.1, 0.15) is 5.82 Å². The van der Waals surface area contributed by atoms with Crippen LogP contribution in [0.15, 0.2) is 42.5 Å². The Morgan fingerprint density at radius 2 is 1.75 bits per heavy atom. The molecule has 3 rings (SSSR count). The van der Waals surface area contributed by atoms with Gasteiger partial charge >= 0.3 is 0 Å². The SMILES string of the molecule is O=S(=O)(CCCO)C[C@H](c1ccc(F)cc1)c1ccc(F)c(OCC2CC2)c1. The highest BCUT2D eigenvalue weighted by molar-refractivity contribution is 7.91. The zero-order valence-electron chi connectivity index (χ0n) is 15.5. The Hall–Kier alpha value is -1.99. The average Bonchev–Trinajstić information content (AvgIpc) is 3.49. The van der Waals surface area contributed by atoms with Crippen LogP contribution in [0.2, 0.25) is 0 Å². The molecule has 0 aliphatic heterocycles. The Kier molecular flexibility index (Phi) is 6.67. The van der Waals surface area contributed by atoms with Crippen molar-refractivity contribution in [1.82, 2.24) is 0 Å². The molecular formula is C21H24F2O4S. The Morgan fingerprint density at radius 3 is 2.39 bits per heavy atom. The highest BCUT2D eigenvalue weighted by atomic mass is 32.2. The number of sulfone groups is 1. The van der Waals surface area contributed by atoms with Gasteiger partial charge in [-0.2, -0.15) is 0 Å². The molecule has 1 aliphatic carbocycles. The zero-order valence-corrected chi connectivity index (χ0v) is 16.3. The molecule has 0 spiro atoms. The molecule has 0 amide bonds. The van der Waals surface area contributed by atoms with Crippen LogP contribution in [0.5, 0.6) is 5.75 Å². The Balaban J connectivity index is 1.91. The lowest BCUT2D eigenvalue weighted by Gasteiger charge is -2.19. The van der Waals surface area contributed by atoms with E-state index in [1.807, 2.05) is 0 Å². The predicted molar refractivity (Wildman–Crippen MR) is 103 cm³/mol. The second-order valence-corrected chi connectivity index (χ2v) is 9.47. The van der Waals surface area contributed by atoms with Gasteiger partial charge in [0.2, 0.25) is 0 Å². The summed E-state index contributed by atoms with van der Waals surface area (Å²) < 4.78 is 58.1. The van der Waals surface area contributed by atoms with Gasteiger partial charge < -0.3 is 9.84 Å². The van der Waals surface area contributed by atoms with Crippen molar-refractivity contribution in [3.05, 3.63) is 65.2 Å². The third-order valence-corrected chi connectivity index (χ3v) is 6.59. The molecule has 152 valence electrons. The summed E-state index contributed by atoms with van der Waals surface area (Å²) in [6.45, 7) is 0.229. The zero-order chi connectivity index (χ0) is 20.1. The van der Waals surface area contributed by atoms with Gasteiger partial charge in [-0.15, -0.1) is 0 Å². The summed E-state index contributed by atoms with van der Waals surface area (Å²) in [7, 11) is -3.48. The molecule has 0 aromatic heterocycles. The van der Waals surface area contributed by atoms with Crippen LogP contribution in [0.1, 0.15) is 36.3 Å². The molecule has 0 bridgehead atoms. The quantitative estimate of drug-likeness (QED) is 0.649. The fourth-order valence-electron chi connectivity index (χ4n) is 3.04. The van der Waals surface area contributed by atoms with E-state index in [9.17, 15) is 17.2 Å². The van der Waals surface area contributed by atoms with Gasteiger partial charge in [-0.25, -0.2) is 17.2 Å². The van der Waals surface area contributed by atoms with Gasteiger partial charge in [-0.1, -0.05) is 18.2 Å². The minimum absolute atomic E-state index is 0.101. The van der Waals surface area contributed by atoms with Crippen molar-refractivity contribution in [1.29, 1.82) is 0 Å². The first kappa shape index (κ1) is 20.7. The van der Waals surface area contributed by atoms with Gasteiger partial charge in [-0.3, -0.25) is 0 Å². The number of rotatable bonds is 10. The summed E-state index contributed by atoms with van der Waals surface area (Å²) in [5.41, 5.74) is 1.21. The molecular weight excluding hydrogens is 386 g/mol. The molecule has 0 heterocycles.